The number of rotatable bonds is 4. The molecule has 112 valence electrons. The van der Waals surface area contributed by atoms with Crippen LogP contribution in [0.2, 0.25) is 0 Å². The van der Waals surface area contributed by atoms with Gasteiger partial charge >= 0.3 is 0 Å². The number of aromatic nitrogens is 4. The van der Waals surface area contributed by atoms with Crippen molar-refractivity contribution in [2.75, 3.05) is 6.54 Å². The zero-order valence-electron chi connectivity index (χ0n) is 12.5. The number of nitrogens with one attached hydrogen (secondary N) is 1. The van der Waals surface area contributed by atoms with Gasteiger partial charge < -0.3 is 5.32 Å². The van der Waals surface area contributed by atoms with E-state index in [2.05, 4.69) is 52.0 Å². The molecule has 1 aromatic heterocycles. The number of thioether (sulfide) groups is 1. The Bertz CT molecular complexity index is 597. The zero-order chi connectivity index (χ0) is 14.7. The SMILES string of the molecule is CCNC1c2ccccc2CCCC1Sc1nnnn1C. The molecule has 1 heterocycles. The molecule has 0 radical (unpaired) electrons. The normalized spacial score (nSPS) is 21.8. The number of benzene rings is 1. The monoisotopic (exact) mass is 303 g/mol. The molecule has 1 aliphatic carbocycles. The summed E-state index contributed by atoms with van der Waals surface area (Å²) in [5, 5.41) is 16.8. The maximum absolute atomic E-state index is 4.13. The highest BCUT2D eigenvalue weighted by molar-refractivity contribution is 7.99. The molecule has 2 atom stereocenters. The molecule has 0 bridgehead atoms. The first-order valence-electron chi connectivity index (χ1n) is 7.49. The highest BCUT2D eigenvalue weighted by atomic mass is 32.2. The molecule has 3 rings (SSSR count). The standard InChI is InChI=1S/C15H21N5S/c1-3-16-14-12-9-5-4-7-11(12)8-6-10-13(14)21-15-17-18-19-20(15)2/h4-5,7,9,13-14,16H,3,6,8,10H2,1-2H3. The van der Waals surface area contributed by atoms with Gasteiger partial charge in [-0.15, -0.1) is 5.10 Å². The second kappa shape index (κ2) is 6.58. The minimum atomic E-state index is 0.357. The van der Waals surface area contributed by atoms with E-state index in [0.717, 1.165) is 18.1 Å². The number of hydrogen-bond acceptors (Lipinski definition) is 5. The molecule has 2 unspecified atom stereocenters. The summed E-state index contributed by atoms with van der Waals surface area (Å²) in [6.07, 6.45) is 3.54. The Labute approximate surface area is 129 Å². The number of aryl methyl sites for hydroxylation is 2. The van der Waals surface area contributed by atoms with Crippen molar-refractivity contribution in [2.24, 2.45) is 7.05 Å². The first kappa shape index (κ1) is 14.5. The van der Waals surface area contributed by atoms with Gasteiger partial charge in [-0.05, 0) is 47.4 Å². The van der Waals surface area contributed by atoms with Gasteiger partial charge in [0.2, 0.25) is 5.16 Å². The van der Waals surface area contributed by atoms with Crippen LogP contribution in [0.25, 0.3) is 0 Å². The molecule has 0 fully saturated rings. The molecular weight excluding hydrogens is 282 g/mol. The Balaban J connectivity index is 1.90. The Morgan fingerprint density at radius 1 is 1.38 bits per heavy atom. The minimum Gasteiger partial charge on any atom is -0.309 e. The van der Waals surface area contributed by atoms with Gasteiger partial charge in [-0.25, -0.2) is 4.68 Å². The smallest absolute Gasteiger partial charge is 0.209 e. The minimum absolute atomic E-state index is 0.357. The third kappa shape index (κ3) is 3.11. The maximum atomic E-state index is 4.13. The molecule has 1 aliphatic rings. The van der Waals surface area contributed by atoms with Crippen LogP contribution < -0.4 is 5.32 Å². The summed E-state index contributed by atoms with van der Waals surface area (Å²) in [5.74, 6) is 0. The summed E-state index contributed by atoms with van der Waals surface area (Å²) >= 11 is 1.79. The predicted octanol–water partition coefficient (Wildman–Crippen LogP) is 2.36. The number of nitrogens with zero attached hydrogens (tertiary/aromatic N) is 4. The Morgan fingerprint density at radius 2 is 2.24 bits per heavy atom. The molecule has 2 aromatic rings. The molecule has 21 heavy (non-hydrogen) atoms. The molecule has 0 aliphatic heterocycles. The highest BCUT2D eigenvalue weighted by Crippen LogP contribution is 2.38. The van der Waals surface area contributed by atoms with Gasteiger partial charge in [-0.2, -0.15) is 0 Å². The van der Waals surface area contributed by atoms with Crippen molar-refractivity contribution < 1.29 is 0 Å². The van der Waals surface area contributed by atoms with E-state index in [9.17, 15) is 0 Å². The summed E-state index contributed by atoms with van der Waals surface area (Å²) in [6, 6.07) is 9.16. The lowest BCUT2D eigenvalue weighted by molar-refractivity contribution is 0.514. The van der Waals surface area contributed by atoms with Crippen molar-refractivity contribution in [3.8, 4) is 0 Å². The molecule has 1 N–H and O–H groups in total. The largest absolute Gasteiger partial charge is 0.309 e. The molecule has 0 saturated heterocycles. The van der Waals surface area contributed by atoms with Gasteiger partial charge in [0.1, 0.15) is 0 Å². The van der Waals surface area contributed by atoms with Gasteiger partial charge in [-0.3, -0.25) is 0 Å². The Kier molecular flexibility index (Phi) is 4.55. The van der Waals surface area contributed by atoms with Crippen molar-refractivity contribution in [1.82, 2.24) is 25.5 Å². The lowest BCUT2D eigenvalue weighted by Gasteiger charge is -2.26. The van der Waals surface area contributed by atoms with E-state index < -0.39 is 0 Å². The average molecular weight is 303 g/mol. The van der Waals surface area contributed by atoms with Crippen LogP contribution in [-0.4, -0.2) is 32.0 Å². The van der Waals surface area contributed by atoms with E-state index in [1.54, 1.807) is 16.4 Å². The highest BCUT2D eigenvalue weighted by Gasteiger charge is 2.29. The van der Waals surface area contributed by atoms with Crippen molar-refractivity contribution in [3.63, 3.8) is 0 Å². The first-order valence-corrected chi connectivity index (χ1v) is 8.37. The summed E-state index contributed by atoms with van der Waals surface area (Å²) in [7, 11) is 1.90. The van der Waals surface area contributed by atoms with Crippen LogP contribution in [0.5, 0.6) is 0 Å². The fourth-order valence-electron chi connectivity index (χ4n) is 2.97. The Morgan fingerprint density at radius 3 is 3.00 bits per heavy atom. The number of hydrogen-bond donors (Lipinski definition) is 1. The summed E-state index contributed by atoms with van der Waals surface area (Å²) in [6.45, 7) is 3.13. The fraction of sp³-hybridized carbons (Fsp3) is 0.533. The molecule has 0 saturated carbocycles. The van der Waals surface area contributed by atoms with Crippen LogP contribution in [0.15, 0.2) is 29.4 Å². The van der Waals surface area contributed by atoms with Crippen LogP contribution in [0.3, 0.4) is 0 Å². The topological polar surface area (TPSA) is 55.6 Å². The van der Waals surface area contributed by atoms with E-state index in [1.807, 2.05) is 7.05 Å². The molecule has 0 spiro atoms. The van der Waals surface area contributed by atoms with Crippen LogP contribution in [0.4, 0.5) is 0 Å². The van der Waals surface area contributed by atoms with Crippen LogP contribution >= 0.6 is 11.8 Å². The van der Waals surface area contributed by atoms with Crippen molar-refractivity contribution in [3.05, 3.63) is 35.4 Å². The molecule has 1 aromatic carbocycles. The van der Waals surface area contributed by atoms with Crippen LogP contribution in [-0.2, 0) is 13.5 Å². The molecule has 0 amide bonds. The molecular formula is C15H21N5S. The van der Waals surface area contributed by atoms with Gasteiger partial charge in [0.25, 0.3) is 0 Å². The maximum Gasteiger partial charge on any atom is 0.209 e. The van der Waals surface area contributed by atoms with Gasteiger partial charge in [0, 0.05) is 18.3 Å². The summed E-state index contributed by atoms with van der Waals surface area (Å²) < 4.78 is 1.75. The van der Waals surface area contributed by atoms with E-state index >= 15 is 0 Å². The van der Waals surface area contributed by atoms with Gasteiger partial charge in [0.05, 0.1) is 0 Å². The summed E-state index contributed by atoms with van der Waals surface area (Å²) in [5.41, 5.74) is 2.91. The average Bonchev–Trinajstić information content (AvgIpc) is 2.81. The van der Waals surface area contributed by atoms with Crippen molar-refractivity contribution >= 4 is 11.8 Å². The Hall–Kier alpha value is -1.40. The fourth-order valence-corrected chi connectivity index (χ4v) is 4.18. The quantitative estimate of drug-likeness (QED) is 0.879. The predicted molar refractivity (Wildman–Crippen MR) is 84.2 cm³/mol. The lowest BCUT2D eigenvalue weighted by Crippen LogP contribution is -2.30. The lowest BCUT2D eigenvalue weighted by atomic mass is 9.99. The van der Waals surface area contributed by atoms with E-state index in [-0.39, 0.29) is 0 Å². The van der Waals surface area contributed by atoms with Crippen LogP contribution in [0.1, 0.15) is 36.9 Å². The second-order valence-electron chi connectivity index (χ2n) is 5.37. The number of fused-ring (bicyclic) bond motifs is 1. The van der Waals surface area contributed by atoms with E-state index in [1.165, 1.54) is 24.0 Å². The summed E-state index contributed by atoms with van der Waals surface area (Å²) in [4.78, 5) is 0. The molecule has 6 heteroatoms. The third-order valence-electron chi connectivity index (χ3n) is 3.96. The number of tetrazole rings is 1. The molecule has 5 nitrogen and oxygen atoms in total. The van der Waals surface area contributed by atoms with Gasteiger partial charge in [-0.1, -0.05) is 43.0 Å². The third-order valence-corrected chi connectivity index (χ3v) is 5.33. The van der Waals surface area contributed by atoms with Crippen molar-refractivity contribution in [1.29, 1.82) is 0 Å². The van der Waals surface area contributed by atoms with E-state index in [0.29, 0.717) is 11.3 Å². The first-order chi connectivity index (χ1) is 10.3. The second-order valence-corrected chi connectivity index (χ2v) is 6.57. The van der Waals surface area contributed by atoms with Crippen molar-refractivity contribution in [2.45, 2.75) is 42.6 Å². The van der Waals surface area contributed by atoms with Crippen LogP contribution in [0, 0.1) is 0 Å². The van der Waals surface area contributed by atoms with Gasteiger partial charge in [0.15, 0.2) is 0 Å². The van der Waals surface area contributed by atoms with E-state index in [4.69, 9.17) is 0 Å². The zero-order valence-corrected chi connectivity index (χ0v) is 13.3.